The minimum Gasteiger partial charge on any atom is -0.455 e. The Labute approximate surface area is 168 Å². The van der Waals surface area contributed by atoms with Crippen LogP contribution < -0.4 is 10.2 Å². The number of rotatable bonds is 6. The van der Waals surface area contributed by atoms with Gasteiger partial charge in [0.2, 0.25) is 5.91 Å². The summed E-state index contributed by atoms with van der Waals surface area (Å²) in [7, 11) is 0. The number of carbonyl (C=O) groups is 3. The number of hydrogen-bond donors (Lipinski definition) is 1. The Kier molecular flexibility index (Phi) is 6.31. The summed E-state index contributed by atoms with van der Waals surface area (Å²) in [4.78, 5) is 38.1. The van der Waals surface area contributed by atoms with Gasteiger partial charge in [0.1, 0.15) is 0 Å². The molecule has 0 radical (unpaired) electrons. The molecule has 1 heterocycles. The lowest BCUT2D eigenvalue weighted by atomic mass is 10.1. The Balaban J connectivity index is 1.50. The predicted octanol–water partition coefficient (Wildman–Crippen LogP) is 3.11. The van der Waals surface area contributed by atoms with Crippen LogP contribution in [0.5, 0.6) is 0 Å². The number of nitrogens with zero attached hydrogens (tertiary/aromatic N) is 1. The average molecular weight is 401 g/mol. The van der Waals surface area contributed by atoms with E-state index in [0.29, 0.717) is 10.7 Å². The molecule has 6 nitrogen and oxygen atoms in total. The summed E-state index contributed by atoms with van der Waals surface area (Å²) in [5, 5.41) is 3.30. The number of benzene rings is 2. The second-order valence-corrected chi connectivity index (χ2v) is 7.13. The monoisotopic (exact) mass is 400 g/mol. The maximum absolute atomic E-state index is 12.3. The molecule has 0 aromatic heterocycles. The third-order valence-electron chi connectivity index (χ3n) is 4.60. The zero-order chi connectivity index (χ0) is 20.1. The number of nitrogens with one attached hydrogen (secondary N) is 1. The van der Waals surface area contributed by atoms with E-state index in [1.807, 2.05) is 37.3 Å². The largest absolute Gasteiger partial charge is 0.455 e. The van der Waals surface area contributed by atoms with Gasteiger partial charge in [-0.2, -0.15) is 0 Å². The summed E-state index contributed by atoms with van der Waals surface area (Å²) < 4.78 is 5.12. The van der Waals surface area contributed by atoms with E-state index in [0.717, 1.165) is 5.56 Å². The Morgan fingerprint density at radius 2 is 1.96 bits per heavy atom. The molecule has 0 aliphatic carbocycles. The highest BCUT2D eigenvalue weighted by Gasteiger charge is 2.36. The maximum Gasteiger partial charge on any atom is 0.311 e. The van der Waals surface area contributed by atoms with Crippen molar-refractivity contribution < 1.29 is 19.1 Å². The second-order valence-electron chi connectivity index (χ2n) is 6.69. The number of hydrogen-bond acceptors (Lipinski definition) is 4. The molecule has 1 aliphatic heterocycles. The summed E-state index contributed by atoms with van der Waals surface area (Å²) in [5.41, 5.74) is 1.60. The summed E-state index contributed by atoms with van der Waals surface area (Å²) >= 11 is 5.97. The third kappa shape index (κ3) is 4.89. The SMILES string of the molecule is C[C@H](NC(=O)COC(=O)[C@H]1CC(=O)N(c2cccc(Cl)c2)C1)c1ccccc1. The minimum absolute atomic E-state index is 0.0490. The zero-order valence-electron chi connectivity index (χ0n) is 15.4. The fourth-order valence-electron chi connectivity index (χ4n) is 3.12. The van der Waals surface area contributed by atoms with Gasteiger partial charge in [-0.15, -0.1) is 0 Å². The molecule has 0 unspecified atom stereocenters. The zero-order valence-corrected chi connectivity index (χ0v) is 16.2. The van der Waals surface area contributed by atoms with E-state index in [1.165, 1.54) is 4.90 Å². The molecule has 2 aromatic carbocycles. The number of amides is 2. The molecule has 2 atom stereocenters. The van der Waals surface area contributed by atoms with Gasteiger partial charge < -0.3 is 15.0 Å². The van der Waals surface area contributed by atoms with Gasteiger partial charge in [-0.1, -0.05) is 48.0 Å². The maximum atomic E-state index is 12.3. The van der Waals surface area contributed by atoms with Crippen LogP contribution in [0.1, 0.15) is 24.9 Å². The van der Waals surface area contributed by atoms with Crippen LogP contribution >= 0.6 is 11.6 Å². The van der Waals surface area contributed by atoms with Gasteiger partial charge in [0, 0.05) is 23.7 Å². The van der Waals surface area contributed by atoms with Crippen LogP contribution in [0.2, 0.25) is 5.02 Å². The van der Waals surface area contributed by atoms with E-state index >= 15 is 0 Å². The lowest BCUT2D eigenvalue weighted by molar-refractivity contribution is -0.152. The molecule has 7 heteroatoms. The summed E-state index contributed by atoms with van der Waals surface area (Å²) in [5.74, 6) is -1.72. The Bertz CT molecular complexity index is 872. The van der Waals surface area contributed by atoms with E-state index in [9.17, 15) is 14.4 Å². The van der Waals surface area contributed by atoms with Gasteiger partial charge in [0.25, 0.3) is 5.91 Å². The van der Waals surface area contributed by atoms with Crippen molar-refractivity contribution in [3.63, 3.8) is 0 Å². The second kappa shape index (κ2) is 8.89. The number of ether oxygens (including phenoxy) is 1. The highest BCUT2D eigenvalue weighted by atomic mass is 35.5. The van der Waals surface area contributed by atoms with Crippen molar-refractivity contribution >= 4 is 35.1 Å². The van der Waals surface area contributed by atoms with Crippen LogP contribution in [0.15, 0.2) is 54.6 Å². The predicted molar refractivity (Wildman–Crippen MR) is 106 cm³/mol. The average Bonchev–Trinajstić information content (AvgIpc) is 3.08. The Morgan fingerprint density at radius 1 is 1.21 bits per heavy atom. The lowest BCUT2D eigenvalue weighted by Gasteiger charge is -2.17. The number of esters is 1. The molecule has 1 aliphatic rings. The Morgan fingerprint density at radius 3 is 2.68 bits per heavy atom. The Hall–Kier alpha value is -2.86. The molecule has 1 saturated heterocycles. The quantitative estimate of drug-likeness (QED) is 0.756. The molecule has 0 saturated carbocycles. The molecule has 1 fully saturated rings. The van der Waals surface area contributed by atoms with Gasteiger partial charge in [-0.25, -0.2) is 0 Å². The van der Waals surface area contributed by atoms with Crippen LogP contribution in [0.25, 0.3) is 0 Å². The molecule has 146 valence electrons. The highest BCUT2D eigenvalue weighted by molar-refractivity contribution is 6.31. The summed E-state index contributed by atoms with van der Waals surface area (Å²) in [6, 6.07) is 16.2. The van der Waals surface area contributed by atoms with Crippen molar-refractivity contribution in [3.05, 3.63) is 65.2 Å². The highest BCUT2D eigenvalue weighted by Crippen LogP contribution is 2.27. The van der Waals surface area contributed by atoms with Crippen molar-refractivity contribution in [2.24, 2.45) is 5.92 Å². The molecule has 2 aromatic rings. The molecular weight excluding hydrogens is 380 g/mol. The first-order valence-electron chi connectivity index (χ1n) is 9.01. The molecule has 2 amide bonds. The van der Waals surface area contributed by atoms with Crippen LogP contribution in [0, 0.1) is 5.92 Å². The van der Waals surface area contributed by atoms with Crippen LogP contribution in [0.3, 0.4) is 0 Å². The molecule has 0 spiro atoms. The molecule has 28 heavy (non-hydrogen) atoms. The first kappa shape index (κ1) is 19.9. The molecule has 3 rings (SSSR count). The lowest BCUT2D eigenvalue weighted by Crippen LogP contribution is -2.32. The van der Waals surface area contributed by atoms with Crippen molar-refractivity contribution in [1.29, 1.82) is 0 Å². The number of anilines is 1. The van der Waals surface area contributed by atoms with E-state index in [4.69, 9.17) is 16.3 Å². The van der Waals surface area contributed by atoms with E-state index in [1.54, 1.807) is 24.3 Å². The first-order valence-corrected chi connectivity index (χ1v) is 9.38. The van der Waals surface area contributed by atoms with Crippen LogP contribution in [-0.4, -0.2) is 30.9 Å². The van der Waals surface area contributed by atoms with E-state index in [2.05, 4.69) is 5.32 Å². The summed E-state index contributed by atoms with van der Waals surface area (Å²) in [6.07, 6.45) is 0.0490. The first-order chi connectivity index (χ1) is 13.4. The van der Waals surface area contributed by atoms with Gasteiger partial charge >= 0.3 is 5.97 Å². The van der Waals surface area contributed by atoms with Crippen molar-refractivity contribution in [2.75, 3.05) is 18.1 Å². The van der Waals surface area contributed by atoms with Crippen LogP contribution in [-0.2, 0) is 19.1 Å². The fourth-order valence-corrected chi connectivity index (χ4v) is 3.31. The van der Waals surface area contributed by atoms with Gasteiger partial charge in [0.15, 0.2) is 6.61 Å². The van der Waals surface area contributed by atoms with Gasteiger partial charge in [-0.3, -0.25) is 14.4 Å². The van der Waals surface area contributed by atoms with Crippen molar-refractivity contribution in [1.82, 2.24) is 5.32 Å². The van der Waals surface area contributed by atoms with Gasteiger partial charge in [-0.05, 0) is 30.7 Å². The number of carbonyl (C=O) groups excluding carboxylic acids is 3. The molecule has 1 N–H and O–H groups in total. The summed E-state index contributed by atoms with van der Waals surface area (Å²) in [6.45, 7) is 1.69. The standard InChI is InChI=1S/C21H21ClN2O4/c1-14(15-6-3-2-4-7-15)23-19(25)13-28-21(27)16-10-20(26)24(12-16)18-9-5-8-17(22)11-18/h2-9,11,14,16H,10,12-13H2,1H3,(H,23,25)/t14-,16-/m0/s1. The van der Waals surface area contributed by atoms with Crippen molar-refractivity contribution in [3.8, 4) is 0 Å². The normalized spacial score (nSPS) is 17.3. The fraction of sp³-hybridized carbons (Fsp3) is 0.286. The third-order valence-corrected chi connectivity index (χ3v) is 4.84. The van der Waals surface area contributed by atoms with E-state index in [-0.39, 0.29) is 37.4 Å². The van der Waals surface area contributed by atoms with Crippen LogP contribution in [0.4, 0.5) is 5.69 Å². The van der Waals surface area contributed by atoms with Crippen molar-refractivity contribution in [2.45, 2.75) is 19.4 Å². The minimum atomic E-state index is -0.606. The number of halogens is 1. The smallest absolute Gasteiger partial charge is 0.311 e. The molecular formula is C21H21ClN2O4. The molecule has 0 bridgehead atoms. The topological polar surface area (TPSA) is 75.7 Å². The van der Waals surface area contributed by atoms with Gasteiger partial charge in [0.05, 0.1) is 12.0 Å². The van der Waals surface area contributed by atoms with E-state index < -0.39 is 11.9 Å².